The zero-order valence-electron chi connectivity index (χ0n) is 26.2. The fraction of sp³-hybridized carbons (Fsp3) is 1.00. The molecule has 0 aromatic heterocycles. The minimum Gasteiger partial charge on any atom is -0.394 e. The standard InChI is InChI=1S/C27H46O23/c28-1-8-12(33)15(36)18(39)25(45-8)48-20-7(31)4-44-27(22(20)50-26-19(40)16(37)13(34)9(2-29)46-26)47-10-5-42-23(41)21(14(10)35)49-24-17(38)11(32)6(30)3-43-24/h6-41H,1-5H2. The Balaban J connectivity index is 1.38. The molecule has 0 spiro atoms. The third-order valence-electron chi connectivity index (χ3n) is 9.17. The van der Waals surface area contributed by atoms with Crippen LogP contribution in [0.3, 0.4) is 0 Å². The van der Waals surface area contributed by atoms with Crippen molar-refractivity contribution in [2.75, 3.05) is 33.0 Å². The van der Waals surface area contributed by atoms with E-state index in [9.17, 15) is 71.5 Å². The first-order valence-electron chi connectivity index (χ1n) is 15.8. The third kappa shape index (κ3) is 8.25. The summed E-state index contributed by atoms with van der Waals surface area (Å²) in [4.78, 5) is 0. The normalized spacial score (nSPS) is 53.6. The molecular weight excluding hydrogens is 692 g/mol. The van der Waals surface area contributed by atoms with Crippen LogP contribution < -0.4 is 0 Å². The van der Waals surface area contributed by atoms with E-state index >= 15 is 0 Å². The Morgan fingerprint density at radius 2 is 0.880 bits per heavy atom. The van der Waals surface area contributed by atoms with Crippen LogP contribution in [0.2, 0.25) is 0 Å². The molecule has 0 amide bonds. The van der Waals surface area contributed by atoms with Crippen LogP contribution in [0.1, 0.15) is 0 Å². The van der Waals surface area contributed by atoms with Crippen molar-refractivity contribution in [2.24, 2.45) is 0 Å². The Bertz CT molecular complexity index is 1060. The van der Waals surface area contributed by atoms with Gasteiger partial charge in [0.25, 0.3) is 0 Å². The molecule has 0 saturated carbocycles. The van der Waals surface area contributed by atoms with Crippen molar-refractivity contribution in [3.63, 3.8) is 0 Å². The minimum atomic E-state index is -1.99. The zero-order valence-corrected chi connectivity index (χ0v) is 26.2. The molecule has 23 nitrogen and oxygen atoms in total. The molecule has 292 valence electrons. The summed E-state index contributed by atoms with van der Waals surface area (Å²) in [5, 5.41) is 144. The van der Waals surface area contributed by atoms with Crippen molar-refractivity contribution >= 4 is 0 Å². The van der Waals surface area contributed by atoms with Crippen molar-refractivity contribution in [3.05, 3.63) is 0 Å². The Kier molecular flexibility index (Phi) is 13.7. The molecule has 5 aliphatic rings. The summed E-state index contributed by atoms with van der Waals surface area (Å²) in [6.45, 7) is -3.28. The highest BCUT2D eigenvalue weighted by molar-refractivity contribution is 4.96. The number of hydrogen-bond acceptors (Lipinski definition) is 23. The fourth-order valence-corrected chi connectivity index (χ4v) is 6.11. The molecule has 5 rings (SSSR count). The van der Waals surface area contributed by atoms with E-state index in [-0.39, 0.29) is 0 Å². The van der Waals surface area contributed by atoms with E-state index in [0.29, 0.717) is 0 Å². The van der Waals surface area contributed by atoms with E-state index < -0.39 is 168 Å². The van der Waals surface area contributed by atoms with Crippen molar-refractivity contribution in [1.82, 2.24) is 0 Å². The largest absolute Gasteiger partial charge is 0.394 e. The molecule has 14 N–H and O–H groups in total. The van der Waals surface area contributed by atoms with E-state index in [1.807, 2.05) is 0 Å². The van der Waals surface area contributed by atoms with Crippen LogP contribution in [0.4, 0.5) is 0 Å². The van der Waals surface area contributed by atoms with E-state index in [4.69, 9.17) is 42.6 Å². The van der Waals surface area contributed by atoms with Gasteiger partial charge in [-0.2, -0.15) is 0 Å². The fourth-order valence-electron chi connectivity index (χ4n) is 6.11. The molecule has 50 heavy (non-hydrogen) atoms. The highest BCUT2D eigenvalue weighted by atomic mass is 16.8. The average molecular weight is 739 g/mol. The lowest BCUT2D eigenvalue weighted by Crippen LogP contribution is -2.66. The SMILES string of the molecule is OCC1OC(OC2C(O)COC(OC3COC(O)C(OC4OCC(O)C(O)C4O)C3O)C2OC2OC(CO)C(O)C(O)C2O)C(O)C(O)C1O. The molecule has 5 heterocycles. The quantitative estimate of drug-likeness (QED) is 0.0989. The molecule has 23 heteroatoms. The highest BCUT2D eigenvalue weighted by Crippen LogP contribution is 2.34. The number of aliphatic hydroxyl groups excluding tert-OH is 14. The summed E-state index contributed by atoms with van der Waals surface area (Å²) in [7, 11) is 0. The predicted molar refractivity (Wildman–Crippen MR) is 148 cm³/mol. The summed E-state index contributed by atoms with van der Waals surface area (Å²) < 4.78 is 49.9. The summed E-state index contributed by atoms with van der Waals surface area (Å²) in [5.41, 5.74) is 0. The van der Waals surface area contributed by atoms with Crippen molar-refractivity contribution in [2.45, 2.75) is 135 Å². The molecule has 0 radical (unpaired) electrons. The van der Waals surface area contributed by atoms with E-state index in [1.165, 1.54) is 0 Å². The molecule has 0 aromatic rings. The second kappa shape index (κ2) is 17.0. The number of ether oxygens (including phenoxy) is 9. The van der Waals surface area contributed by atoms with Gasteiger partial charge >= 0.3 is 0 Å². The van der Waals surface area contributed by atoms with Gasteiger partial charge in [-0.15, -0.1) is 0 Å². The first kappa shape index (κ1) is 40.3. The van der Waals surface area contributed by atoms with Gasteiger partial charge in [-0.05, 0) is 0 Å². The maximum absolute atomic E-state index is 11.2. The molecule has 0 aliphatic carbocycles. The van der Waals surface area contributed by atoms with Crippen molar-refractivity contribution < 1.29 is 114 Å². The van der Waals surface area contributed by atoms with Crippen LogP contribution >= 0.6 is 0 Å². The lowest BCUT2D eigenvalue weighted by molar-refractivity contribution is -0.394. The molecule has 5 aliphatic heterocycles. The number of aliphatic hydroxyl groups is 14. The van der Waals surface area contributed by atoms with Gasteiger partial charge in [-0.25, -0.2) is 0 Å². The molecule has 5 saturated heterocycles. The smallest absolute Gasteiger partial charge is 0.187 e. The van der Waals surface area contributed by atoms with Gasteiger partial charge < -0.3 is 114 Å². The van der Waals surface area contributed by atoms with E-state index in [2.05, 4.69) is 0 Å². The number of rotatable bonds is 10. The summed E-state index contributed by atoms with van der Waals surface area (Å²) in [6, 6.07) is 0. The maximum Gasteiger partial charge on any atom is 0.187 e. The molecule has 22 atom stereocenters. The first-order chi connectivity index (χ1) is 23.7. The molecule has 0 bridgehead atoms. The van der Waals surface area contributed by atoms with Gasteiger partial charge in [-0.3, -0.25) is 0 Å². The Hall–Kier alpha value is -0.920. The van der Waals surface area contributed by atoms with Gasteiger partial charge in [0.15, 0.2) is 31.5 Å². The second-order valence-corrected chi connectivity index (χ2v) is 12.6. The van der Waals surface area contributed by atoms with Gasteiger partial charge in [0, 0.05) is 0 Å². The predicted octanol–water partition coefficient (Wildman–Crippen LogP) is -10.0. The summed E-state index contributed by atoms with van der Waals surface area (Å²) in [6.07, 6.45) is -38.3. The molecule has 5 fully saturated rings. The van der Waals surface area contributed by atoms with Crippen LogP contribution in [0, 0.1) is 0 Å². The van der Waals surface area contributed by atoms with Crippen LogP contribution in [0.5, 0.6) is 0 Å². The van der Waals surface area contributed by atoms with Gasteiger partial charge in [-0.1, -0.05) is 0 Å². The third-order valence-corrected chi connectivity index (χ3v) is 9.17. The Labute approximate surface area is 282 Å². The van der Waals surface area contributed by atoms with Crippen LogP contribution in [0.15, 0.2) is 0 Å². The highest BCUT2D eigenvalue weighted by Gasteiger charge is 2.54. The van der Waals surface area contributed by atoms with Gasteiger partial charge in [0.05, 0.1) is 33.0 Å². The monoisotopic (exact) mass is 738 g/mol. The Morgan fingerprint density at radius 1 is 0.400 bits per heavy atom. The minimum absolute atomic E-state index is 0.465. The van der Waals surface area contributed by atoms with E-state index in [0.717, 1.165) is 0 Å². The van der Waals surface area contributed by atoms with Crippen LogP contribution in [0.25, 0.3) is 0 Å². The first-order valence-corrected chi connectivity index (χ1v) is 15.8. The van der Waals surface area contributed by atoms with Gasteiger partial charge in [0.1, 0.15) is 104 Å². The molecular formula is C27H46O23. The summed E-state index contributed by atoms with van der Waals surface area (Å²) >= 11 is 0. The lowest BCUT2D eigenvalue weighted by atomic mass is 9.98. The molecule has 0 aromatic carbocycles. The van der Waals surface area contributed by atoms with Crippen LogP contribution in [-0.2, 0) is 42.6 Å². The Morgan fingerprint density at radius 3 is 1.44 bits per heavy atom. The maximum atomic E-state index is 11.2. The van der Waals surface area contributed by atoms with Gasteiger partial charge in [0.2, 0.25) is 0 Å². The van der Waals surface area contributed by atoms with Crippen molar-refractivity contribution in [3.8, 4) is 0 Å². The molecule has 22 unspecified atom stereocenters. The zero-order chi connectivity index (χ0) is 36.6. The van der Waals surface area contributed by atoms with Crippen molar-refractivity contribution in [1.29, 1.82) is 0 Å². The number of hydrogen-bond donors (Lipinski definition) is 14. The summed E-state index contributed by atoms with van der Waals surface area (Å²) in [5.74, 6) is 0. The van der Waals surface area contributed by atoms with Crippen LogP contribution in [-0.4, -0.2) is 240 Å². The van der Waals surface area contributed by atoms with E-state index in [1.54, 1.807) is 0 Å². The second-order valence-electron chi connectivity index (χ2n) is 12.6. The lowest BCUT2D eigenvalue weighted by Gasteiger charge is -2.48. The topological polar surface area (TPSA) is 366 Å². The average Bonchev–Trinajstić information content (AvgIpc) is 3.10.